The SMILES string of the molecule is CC(=O)N1CCC(CC(=O)N2CCN(C(CC3CC3)c3ccc(Cl)c(Cl)c3)C[C@@H]2C(C)C)CC1. The molecule has 3 fully saturated rings. The van der Waals surface area contributed by atoms with Gasteiger partial charge in [0.25, 0.3) is 0 Å². The van der Waals surface area contributed by atoms with Crippen LogP contribution in [0.25, 0.3) is 0 Å². The van der Waals surface area contributed by atoms with Crippen LogP contribution >= 0.6 is 23.2 Å². The summed E-state index contributed by atoms with van der Waals surface area (Å²) in [6.07, 6.45) is 6.23. The minimum Gasteiger partial charge on any atom is -0.343 e. The smallest absolute Gasteiger partial charge is 0.223 e. The van der Waals surface area contributed by atoms with Gasteiger partial charge in [0.15, 0.2) is 0 Å². The van der Waals surface area contributed by atoms with Crippen LogP contribution in [0.2, 0.25) is 10.0 Å². The molecule has 2 amide bonds. The molecule has 1 aromatic rings. The fraction of sp³-hybridized carbons (Fsp3) is 0.704. The van der Waals surface area contributed by atoms with Gasteiger partial charge >= 0.3 is 0 Å². The molecule has 2 heterocycles. The van der Waals surface area contributed by atoms with Crippen LogP contribution in [0, 0.1) is 17.8 Å². The van der Waals surface area contributed by atoms with Crippen molar-refractivity contribution in [1.29, 1.82) is 0 Å². The van der Waals surface area contributed by atoms with E-state index < -0.39 is 0 Å². The molecule has 0 bridgehead atoms. The van der Waals surface area contributed by atoms with Crippen LogP contribution in [0.4, 0.5) is 0 Å². The number of nitrogens with zero attached hydrogens (tertiary/aromatic N) is 3. The maximum Gasteiger partial charge on any atom is 0.223 e. The zero-order valence-corrected chi connectivity index (χ0v) is 22.3. The van der Waals surface area contributed by atoms with E-state index in [1.54, 1.807) is 6.92 Å². The number of likely N-dealkylation sites (tertiary alicyclic amines) is 1. The first kappa shape index (κ1) is 25.8. The van der Waals surface area contributed by atoms with Crippen molar-refractivity contribution in [3.63, 3.8) is 0 Å². The van der Waals surface area contributed by atoms with E-state index in [2.05, 4.69) is 29.7 Å². The topological polar surface area (TPSA) is 43.9 Å². The van der Waals surface area contributed by atoms with Gasteiger partial charge in [0.2, 0.25) is 11.8 Å². The maximum absolute atomic E-state index is 13.4. The maximum atomic E-state index is 13.4. The van der Waals surface area contributed by atoms with Crippen molar-refractivity contribution in [2.45, 2.75) is 71.4 Å². The molecular formula is C27H39Cl2N3O2. The van der Waals surface area contributed by atoms with E-state index in [4.69, 9.17) is 23.2 Å². The number of amides is 2. The number of piperidine rings is 1. The largest absolute Gasteiger partial charge is 0.343 e. The Morgan fingerprint density at radius 3 is 2.26 bits per heavy atom. The number of benzene rings is 1. The van der Waals surface area contributed by atoms with Gasteiger partial charge in [0.1, 0.15) is 0 Å². The molecule has 1 aromatic carbocycles. The van der Waals surface area contributed by atoms with E-state index in [1.807, 2.05) is 17.0 Å². The Hall–Kier alpha value is -1.30. The summed E-state index contributed by atoms with van der Waals surface area (Å²) in [5.74, 6) is 1.99. The normalized spacial score (nSPS) is 23.4. The fourth-order valence-electron chi connectivity index (χ4n) is 5.70. The second-order valence-corrected chi connectivity index (χ2v) is 11.7. The monoisotopic (exact) mass is 507 g/mol. The molecule has 188 valence electrons. The van der Waals surface area contributed by atoms with Crippen LogP contribution < -0.4 is 0 Å². The zero-order valence-electron chi connectivity index (χ0n) is 20.8. The van der Waals surface area contributed by atoms with Gasteiger partial charge in [-0.05, 0) is 54.7 Å². The number of carbonyl (C=O) groups excluding carboxylic acids is 2. The molecule has 1 saturated carbocycles. The van der Waals surface area contributed by atoms with Crippen molar-refractivity contribution in [2.24, 2.45) is 17.8 Å². The number of carbonyl (C=O) groups is 2. The van der Waals surface area contributed by atoms with Crippen molar-refractivity contribution in [2.75, 3.05) is 32.7 Å². The summed E-state index contributed by atoms with van der Waals surface area (Å²) < 4.78 is 0. The van der Waals surface area contributed by atoms with E-state index in [0.29, 0.717) is 34.3 Å². The van der Waals surface area contributed by atoms with E-state index in [-0.39, 0.29) is 17.9 Å². The Morgan fingerprint density at radius 2 is 1.68 bits per heavy atom. The standard InChI is InChI=1S/C27H39Cl2N3O2/c1-18(2)26-17-31(25(14-20-4-5-20)22-6-7-23(28)24(29)16-22)12-13-32(26)27(34)15-21-8-10-30(11-9-21)19(3)33/h6-7,16,18,20-21,25-26H,4-5,8-15,17H2,1-3H3/t25?,26-/m1/s1. The van der Waals surface area contributed by atoms with Gasteiger partial charge < -0.3 is 9.80 Å². The lowest BCUT2D eigenvalue weighted by Crippen LogP contribution is -2.58. The fourth-order valence-corrected chi connectivity index (χ4v) is 6.00. The summed E-state index contributed by atoms with van der Waals surface area (Å²) in [7, 11) is 0. The Morgan fingerprint density at radius 1 is 0.971 bits per heavy atom. The van der Waals surface area contributed by atoms with Crippen LogP contribution in [0.5, 0.6) is 0 Å². The summed E-state index contributed by atoms with van der Waals surface area (Å²) in [6, 6.07) is 6.60. The van der Waals surface area contributed by atoms with Crippen LogP contribution in [-0.2, 0) is 9.59 Å². The molecule has 5 nitrogen and oxygen atoms in total. The molecule has 2 atom stereocenters. The van der Waals surface area contributed by atoms with Gasteiger partial charge in [-0.3, -0.25) is 14.5 Å². The van der Waals surface area contributed by atoms with Crippen molar-refractivity contribution in [3.05, 3.63) is 33.8 Å². The summed E-state index contributed by atoms with van der Waals surface area (Å²) in [6.45, 7) is 10.2. The Balaban J connectivity index is 1.42. The molecule has 0 radical (unpaired) electrons. The molecule has 3 aliphatic rings. The quantitative estimate of drug-likeness (QED) is 0.478. The van der Waals surface area contributed by atoms with Gasteiger partial charge in [-0.2, -0.15) is 0 Å². The third-order valence-electron chi connectivity index (χ3n) is 8.09. The van der Waals surface area contributed by atoms with Gasteiger partial charge in [0.05, 0.1) is 10.0 Å². The van der Waals surface area contributed by atoms with Crippen molar-refractivity contribution < 1.29 is 9.59 Å². The number of hydrogen-bond acceptors (Lipinski definition) is 3. The second kappa shape index (κ2) is 11.2. The third-order valence-corrected chi connectivity index (χ3v) is 8.82. The molecular weight excluding hydrogens is 469 g/mol. The van der Waals surface area contributed by atoms with E-state index >= 15 is 0 Å². The Labute approximate surface area is 214 Å². The predicted octanol–water partition coefficient (Wildman–Crippen LogP) is 5.65. The summed E-state index contributed by atoms with van der Waals surface area (Å²) >= 11 is 12.6. The number of halogens is 2. The van der Waals surface area contributed by atoms with Crippen molar-refractivity contribution in [1.82, 2.24) is 14.7 Å². The second-order valence-electron chi connectivity index (χ2n) is 10.9. The average Bonchev–Trinajstić information content (AvgIpc) is 3.63. The Kier molecular flexibility index (Phi) is 8.48. The Bertz CT molecular complexity index is 881. The van der Waals surface area contributed by atoms with E-state index in [1.165, 1.54) is 18.4 Å². The number of rotatable bonds is 7. The summed E-state index contributed by atoms with van der Waals surface area (Å²) in [5, 5.41) is 1.21. The molecule has 2 saturated heterocycles. The highest BCUT2D eigenvalue weighted by molar-refractivity contribution is 6.42. The summed E-state index contributed by atoms with van der Waals surface area (Å²) in [4.78, 5) is 31.7. The van der Waals surface area contributed by atoms with Crippen LogP contribution in [0.1, 0.15) is 70.9 Å². The highest BCUT2D eigenvalue weighted by Crippen LogP contribution is 2.42. The predicted molar refractivity (Wildman–Crippen MR) is 138 cm³/mol. The minimum absolute atomic E-state index is 0.142. The lowest BCUT2D eigenvalue weighted by molar-refractivity contribution is -0.139. The molecule has 0 spiro atoms. The third kappa shape index (κ3) is 6.27. The number of hydrogen-bond donors (Lipinski definition) is 0. The van der Waals surface area contributed by atoms with E-state index in [9.17, 15) is 9.59 Å². The molecule has 0 N–H and O–H groups in total. The van der Waals surface area contributed by atoms with Crippen molar-refractivity contribution >= 4 is 35.0 Å². The van der Waals surface area contributed by atoms with Gasteiger partial charge in [-0.1, -0.05) is 56.0 Å². The lowest BCUT2D eigenvalue weighted by atomic mass is 9.90. The van der Waals surface area contributed by atoms with Crippen LogP contribution in [-0.4, -0.2) is 65.3 Å². The molecule has 7 heteroatoms. The average molecular weight is 509 g/mol. The molecule has 34 heavy (non-hydrogen) atoms. The number of piperazine rings is 1. The molecule has 1 aliphatic carbocycles. The van der Waals surface area contributed by atoms with Gasteiger partial charge in [0, 0.05) is 58.2 Å². The zero-order chi connectivity index (χ0) is 24.4. The van der Waals surface area contributed by atoms with Crippen LogP contribution in [0.3, 0.4) is 0 Å². The lowest BCUT2D eigenvalue weighted by Gasteiger charge is -2.47. The first-order valence-corrected chi connectivity index (χ1v) is 13.7. The van der Waals surface area contributed by atoms with Gasteiger partial charge in [-0.25, -0.2) is 0 Å². The first-order chi connectivity index (χ1) is 16.2. The minimum atomic E-state index is 0.142. The molecule has 4 rings (SSSR count). The van der Waals surface area contributed by atoms with E-state index in [0.717, 1.165) is 57.9 Å². The van der Waals surface area contributed by atoms with Crippen molar-refractivity contribution in [3.8, 4) is 0 Å². The highest BCUT2D eigenvalue weighted by Gasteiger charge is 2.38. The molecule has 2 aliphatic heterocycles. The summed E-state index contributed by atoms with van der Waals surface area (Å²) in [5.41, 5.74) is 1.24. The molecule has 1 unspecified atom stereocenters. The highest BCUT2D eigenvalue weighted by atomic mass is 35.5. The first-order valence-electron chi connectivity index (χ1n) is 13.0. The molecule has 0 aromatic heterocycles. The van der Waals surface area contributed by atoms with Gasteiger partial charge in [-0.15, -0.1) is 0 Å². The van der Waals surface area contributed by atoms with Crippen LogP contribution in [0.15, 0.2) is 18.2 Å².